The maximum atomic E-state index is 4.70. The number of aryl methyl sites for hydroxylation is 1. The maximum absolute atomic E-state index is 4.70. The van der Waals surface area contributed by atoms with Crippen LogP contribution in [0.1, 0.15) is 44.3 Å². The summed E-state index contributed by atoms with van der Waals surface area (Å²) in [4.78, 5) is 11.7. The van der Waals surface area contributed by atoms with Gasteiger partial charge in [0, 0.05) is 35.6 Å². The highest BCUT2D eigenvalue weighted by molar-refractivity contribution is 5.59. The van der Waals surface area contributed by atoms with Gasteiger partial charge in [0.05, 0.1) is 0 Å². The van der Waals surface area contributed by atoms with Gasteiger partial charge in [0.2, 0.25) is 0 Å². The van der Waals surface area contributed by atoms with Crippen molar-refractivity contribution in [2.24, 2.45) is 0 Å². The van der Waals surface area contributed by atoms with E-state index in [1.54, 1.807) is 0 Å². The van der Waals surface area contributed by atoms with Crippen LogP contribution in [0.3, 0.4) is 0 Å². The van der Waals surface area contributed by atoms with Crippen molar-refractivity contribution in [2.45, 2.75) is 45.6 Å². The third kappa shape index (κ3) is 3.29. The quantitative estimate of drug-likeness (QED) is 0.781. The van der Waals surface area contributed by atoms with Crippen molar-refractivity contribution in [3.63, 3.8) is 0 Å². The molecule has 0 unspecified atom stereocenters. The van der Waals surface area contributed by atoms with Gasteiger partial charge in [-0.25, -0.2) is 9.97 Å². The van der Waals surface area contributed by atoms with Gasteiger partial charge in [0.1, 0.15) is 11.6 Å². The molecule has 1 aliphatic heterocycles. The van der Waals surface area contributed by atoms with Gasteiger partial charge >= 0.3 is 0 Å². The fourth-order valence-electron chi connectivity index (χ4n) is 3.78. The SMILES string of the molecule is Cc1nc(-c2cccc(-n3ccnc3C3CCN(C(C)C)CC3)c2)n[nH]1. The summed E-state index contributed by atoms with van der Waals surface area (Å²) in [6.07, 6.45) is 6.30. The van der Waals surface area contributed by atoms with Crippen LogP contribution >= 0.6 is 0 Å². The Morgan fingerprint density at radius 3 is 2.69 bits per heavy atom. The lowest BCUT2D eigenvalue weighted by Gasteiger charge is -2.34. The molecule has 26 heavy (non-hydrogen) atoms. The lowest BCUT2D eigenvalue weighted by atomic mass is 9.95. The fraction of sp³-hybridized carbons (Fsp3) is 0.450. The highest BCUT2D eigenvalue weighted by Gasteiger charge is 2.25. The molecule has 1 saturated heterocycles. The van der Waals surface area contributed by atoms with Crippen molar-refractivity contribution in [1.82, 2.24) is 29.6 Å². The molecule has 0 atom stereocenters. The van der Waals surface area contributed by atoms with Gasteiger partial charge in [-0.05, 0) is 58.8 Å². The smallest absolute Gasteiger partial charge is 0.181 e. The molecule has 0 radical (unpaired) electrons. The van der Waals surface area contributed by atoms with Crippen LogP contribution in [-0.2, 0) is 0 Å². The number of likely N-dealkylation sites (tertiary alicyclic amines) is 1. The molecular weight excluding hydrogens is 324 g/mol. The third-order valence-electron chi connectivity index (χ3n) is 5.27. The highest BCUT2D eigenvalue weighted by atomic mass is 15.2. The Morgan fingerprint density at radius 1 is 1.19 bits per heavy atom. The van der Waals surface area contributed by atoms with E-state index in [-0.39, 0.29) is 0 Å². The van der Waals surface area contributed by atoms with Crippen molar-refractivity contribution in [3.05, 3.63) is 48.3 Å². The number of nitrogens with one attached hydrogen (secondary N) is 1. The first-order valence-corrected chi connectivity index (χ1v) is 9.39. The molecule has 6 nitrogen and oxygen atoms in total. The zero-order chi connectivity index (χ0) is 18.1. The van der Waals surface area contributed by atoms with E-state index in [1.165, 1.54) is 0 Å². The number of hydrogen-bond acceptors (Lipinski definition) is 4. The molecule has 0 bridgehead atoms. The Morgan fingerprint density at radius 2 is 2.00 bits per heavy atom. The number of benzene rings is 1. The van der Waals surface area contributed by atoms with Gasteiger partial charge in [-0.1, -0.05) is 12.1 Å². The van der Waals surface area contributed by atoms with Crippen LogP contribution in [0.5, 0.6) is 0 Å². The lowest BCUT2D eigenvalue weighted by molar-refractivity contribution is 0.169. The van der Waals surface area contributed by atoms with Crippen molar-refractivity contribution in [1.29, 1.82) is 0 Å². The van der Waals surface area contributed by atoms with E-state index in [9.17, 15) is 0 Å². The first-order chi connectivity index (χ1) is 12.6. The van der Waals surface area contributed by atoms with Crippen LogP contribution in [0.4, 0.5) is 0 Å². The van der Waals surface area contributed by atoms with Crippen molar-refractivity contribution in [2.75, 3.05) is 13.1 Å². The van der Waals surface area contributed by atoms with E-state index in [0.29, 0.717) is 12.0 Å². The van der Waals surface area contributed by atoms with Gasteiger partial charge in [0.15, 0.2) is 5.82 Å². The summed E-state index contributed by atoms with van der Waals surface area (Å²) in [6.45, 7) is 8.75. The molecule has 2 aromatic heterocycles. The van der Waals surface area contributed by atoms with Crippen LogP contribution in [-0.4, -0.2) is 48.8 Å². The predicted octanol–water partition coefficient (Wildman–Crippen LogP) is 3.55. The third-order valence-corrected chi connectivity index (χ3v) is 5.27. The number of piperidine rings is 1. The van der Waals surface area contributed by atoms with Gasteiger partial charge in [-0.3, -0.25) is 5.10 Å². The summed E-state index contributed by atoms with van der Waals surface area (Å²) < 4.78 is 2.22. The molecule has 0 saturated carbocycles. The molecular formula is C20H26N6. The minimum Gasteiger partial charge on any atom is -0.304 e. The molecule has 1 N–H and O–H groups in total. The van der Waals surface area contributed by atoms with E-state index in [1.807, 2.05) is 19.2 Å². The summed E-state index contributed by atoms with van der Waals surface area (Å²) >= 11 is 0. The highest BCUT2D eigenvalue weighted by Crippen LogP contribution is 2.30. The summed E-state index contributed by atoms with van der Waals surface area (Å²) in [6, 6.07) is 8.98. The topological polar surface area (TPSA) is 62.6 Å². The van der Waals surface area contributed by atoms with Crippen molar-refractivity contribution >= 4 is 0 Å². The molecule has 1 aromatic carbocycles. The number of H-pyrrole nitrogens is 1. The van der Waals surface area contributed by atoms with E-state index >= 15 is 0 Å². The Balaban J connectivity index is 1.59. The molecule has 3 heterocycles. The number of rotatable bonds is 4. The Labute approximate surface area is 154 Å². The lowest BCUT2D eigenvalue weighted by Crippen LogP contribution is -2.38. The van der Waals surface area contributed by atoms with Crippen LogP contribution in [0.25, 0.3) is 17.1 Å². The molecule has 1 fully saturated rings. The number of aromatic nitrogens is 5. The van der Waals surface area contributed by atoms with E-state index < -0.39 is 0 Å². The Bertz CT molecular complexity index is 870. The maximum Gasteiger partial charge on any atom is 0.181 e. The van der Waals surface area contributed by atoms with Crippen LogP contribution < -0.4 is 0 Å². The monoisotopic (exact) mass is 350 g/mol. The first-order valence-electron chi connectivity index (χ1n) is 9.39. The van der Waals surface area contributed by atoms with Crippen molar-refractivity contribution < 1.29 is 0 Å². The van der Waals surface area contributed by atoms with E-state index in [4.69, 9.17) is 4.98 Å². The zero-order valence-electron chi connectivity index (χ0n) is 15.7. The van der Waals surface area contributed by atoms with Gasteiger partial charge in [0.25, 0.3) is 0 Å². The fourth-order valence-corrected chi connectivity index (χ4v) is 3.78. The molecule has 3 aromatic rings. The average molecular weight is 350 g/mol. The average Bonchev–Trinajstić information content (AvgIpc) is 3.31. The summed E-state index contributed by atoms with van der Waals surface area (Å²) in [5.74, 6) is 3.23. The summed E-state index contributed by atoms with van der Waals surface area (Å²) in [5, 5.41) is 7.19. The zero-order valence-corrected chi connectivity index (χ0v) is 15.7. The van der Waals surface area contributed by atoms with Gasteiger partial charge in [-0.2, -0.15) is 5.10 Å². The van der Waals surface area contributed by atoms with Crippen LogP contribution in [0, 0.1) is 6.92 Å². The second-order valence-corrected chi connectivity index (χ2v) is 7.35. The Hall–Kier alpha value is -2.47. The molecule has 4 rings (SSSR count). The minimum atomic E-state index is 0.509. The molecule has 0 aliphatic carbocycles. The summed E-state index contributed by atoms with van der Waals surface area (Å²) in [7, 11) is 0. The molecule has 0 spiro atoms. The van der Waals surface area contributed by atoms with Gasteiger partial charge < -0.3 is 9.47 Å². The minimum absolute atomic E-state index is 0.509. The second-order valence-electron chi connectivity index (χ2n) is 7.35. The predicted molar refractivity (Wildman–Crippen MR) is 102 cm³/mol. The largest absolute Gasteiger partial charge is 0.304 e. The molecule has 0 amide bonds. The van der Waals surface area contributed by atoms with Crippen LogP contribution in [0.2, 0.25) is 0 Å². The molecule has 1 aliphatic rings. The molecule has 6 heteroatoms. The molecule has 136 valence electrons. The second kappa shape index (κ2) is 7.03. The first kappa shape index (κ1) is 17.0. The van der Waals surface area contributed by atoms with E-state index in [2.05, 4.69) is 62.9 Å². The Kier molecular flexibility index (Phi) is 4.59. The number of hydrogen-bond donors (Lipinski definition) is 1. The van der Waals surface area contributed by atoms with Crippen LogP contribution in [0.15, 0.2) is 36.7 Å². The summed E-state index contributed by atoms with van der Waals surface area (Å²) in [5.41, 5.74) is 2.13. The number of aromatic amines is 1. The number of imidazole rings is 1. The van der Waals surface area contributed by atoms with E-state index in [0.717, 1.165) is 54.7 Å². The standard InChI is InChI=1S/C20H26N6/c1-14(2)25-10-7-16(8-11-25)20-21-9-12-26(20)18-6-4-5-17(13-18)19-22-15(3)23-24-19/h4-6,9,12-14,16H,7-8,10-11H2,1-3H3,(H,22,23,24). The normalized spacial score (nSPS) is 16.5. The number of nitrogens with zero attached hydrogens (tertiary/aromatic N) is 5. The van der Waals surface area contributed by atoms with Gasteiger partial charge in [-0.15, -0.1) is 0 Å². The van der Waals surface area contributed by atoms with Crippen molar-refractivity contribution in [3.8, 4) is 17.1 Å².